The summed E-state index contributed by atoms with van der Waals surface area (Å²) in [5.41, 5.74) is -0.150. The predicted molar refractivity (Wildman–Crippen MR) is 89.6 cm³/mol. The normalized spacial score (nSPS) is 20.0. The van der Waals surface area contributed by atoms with Crippen molar-refractivity contribution < 1.29 is 19.4 Å². The Labute approximate surface area is 142 Å². The van der Waals surface area contributed by atoms with Gasteiger partial charge in [-0.3, -0.25) is 4.90 Å². The molecule has 0 spiro atoms. The average Bonchev–Trinajstić information content (AvgIpc) is 2.57. The highest BCUT2D eigenvalue weighted by molar-refractivity contribution is 5.85. The van der Waals surface area contributed by atoms with Gasteiger partial charge in [-0.15, -0.1) is 0 Å². The monoisotopic (exact) mass is 331 g/mol. The molecule has 1 aromatic carbocycles. The molecule has 0 bridgehead atoms. The van der Waals surface area contributed by atoms with Crippen molar-refractivity contribution in [2.75, 3.05) is 0 Å². The molecule has 0 heterocycles. The van der Waals surface area contributed by atoms with Crippen LogP contribution in [-0.4, -0.2) is 33.6 Å². The zero-order chi connectivity index (χ0) is 17.0. The Kier molecular flexibility index (Phi) is 5.07. The number of carboxylic acid groups (broad SMARTS) is 1. The Morgan fingerprint density at radius 2 is 1.75 bits per heavy atom. The van der Waals surface area contributed by atoms with Crippen LogP contribution in [0.15, 0.2) is 30.3 Å². The summed E-state index contributed by atoms with van der Waals surface area (Å²) in [7, 11) is 0. The molecule has 0 radical (unpaired) electrons. The first-order valence-corrected chi connectivity index (χ1v) is 8.87. The summed E-state index contributed by atoms with van der Waals surface area (Å²) in [5, 5.41) is 9.77. The van der Waals surface area contributed by atoms with Gasteiger partial charge in [0.1, 0.15) is 12.1 Å². The summed E-state index contributed by atoms with van der Waals surface area (Å²) in [4.78, 5) is 26.3. The molecular formula is C19H25NO4. The SMILES string of the molecule is O=C(OCc1ccccc1)N(C1CCCCC1)C1(C(=O)O)CCC1. The molecule has 5 heteroatoms. The van der Waals surface area contributed by atoms with Crippen LogP contribution in [0.4, 0.5) is 4.79 Å². The van der Waals surface area contributed by atoms with Gasteiger partial charge < -0.3 is 9.84 Å². The van der Waals surface area contributed by atoms with Crippen molar-refractivity contribution in [2.24, 2.45) is 0 Å². The molecule has 1 aromatic rings. The number of hydrogen-bond donors (Lipinski definition) is 1. The molecule has 0 saturated heterocycles. The van der Waals surface area contributed by atoms with Crippen LogP contribution in [-0.2, 0) is 16.1 Å². The van der Waals surface area contributed by atoms with Gasteiger partial charge in [0, 0.05) is 6.04 Å². The molecule has 2 fully saturated rings. The standard InChI is InChI=1S/C19H25NO4/c21-17(22)19(12-7-13-19)20(16-10-5-2-6-11-16)18(23)24-14-15-8-3-1-4-9-15/h1,3-4,8-9,16H,2,5-7,10-14H2,(H,21,22). The molecule has 2 aliphatic rings. The first kappa shape index (κ1) is 16.8. The van der Waals surface area contributed by atoms with E-state index in [1.807, 2.05) is 30.3 Å². The van der Waals surface area contributed by atoms with E-state index in [9.17, 15) is 14.7 Å². The lowest BCUT2D eigenvalue weighted by Crippen LogP contribution is -2.64. The Morgan fingerprint density at radius 3 is 2.29 bits per heavy atom. The second kappa shape index (κ2) is 7.24. The van der Waals surface area contributed by atoms with E-state index < -0.39 is 17.6 Å². The van der Waals surface area contributed by atoms with Crippen molar-refractivity contribution in [1.29, 1.82) is 0 Å². The Balaban J connectivity index is 1.75. The highest BCUT2D eigenvalue weighted by atomic mass is 16.6. The molecule has 24 heavy (non-hydrogen) atoms. The molecule has 0 aliphatic heterocycles. The van der Waals surface area contributed by atoms with Crippen LogP contribution in [0.2, 0.25) is 0 Å². The van der Waals surface area contributed by atoms with Gasteiger partial charge in [0.15, 0.2) is 0 Å². The molecule has 1 amide bonds. The fourth-order valence-corrected chi connectivity index (χ4v) is 3.87. The number of rotatable bonds is 5. The van der Waals surface area contributed by atoms with E-state index in [-0.39, 0.29) is 12.6 Å². The van der Waals surface area contributed by atoms with E-state index in [0.29, 0.717) is 12.8 Å². The topological polar surface area (TPSA) is 66.8 Å². The quantitative estimate of drug-likeness (QED) is 0.886. The summed E-state index contributed by atoms with van der Waals surface area (Å²) in [5.74, 6) is -0.893. The molecule has 1 N–H and O–H groups in total. The van der Waals surface area contributed by atoms with Crippen LogP contribution in [0.25, 0.3) is 0 Å². The largest absolute Gasteiger partial charge is 0.479 e. The maximum atomic E-state index is 12.8. The highest BCUT2D eigenvalue weighted by Crippen LogP contribution is 2.42. The molecular weight excluding hydrogens is 306 g/mol. The number of benzene rings is 1. The Morgan fingerprint density at radius 1 is 1.08 bits per heavy atom. The number of amides is 1. The lowest BCUT2D eigenvalue weighted by molar-refractivity contribution is -0.159. The molecule has 2 saturated carbocycles. The average molecular weight is 331 g/mol. The molecule has 0 unspecified atom stereocenters. The third-order valence-electron chi connectivity index (χ3n) is 5.38. The maximum absolute atomic E-state index is 12.8. The number of carbonyl (C=O) groups is 2. The predicted octanol–water partition coefficient (Wildman–Crippen LogP) is 3.97. The highest BCUT2D eigenvalue weighted by Gasteiger charge is 2.54. The zero-order valence-electron chi connectivity index (χ0n) is 13.9. The third-order valence-corrected chi connectivity index (χ3v) is 5.38. The van der Waals surface area contributed by atoms with Crippen molar-refractivity contribution in [3.8, 4) is 0 Å². The van der Waals surface area contributed by atoms with Gasteiger partial charge >= 0.3 is 12.1 Å². The van der Waals surface area contributed by atoms with E-state index in [4.69, 9.17) is 4.74 Å². The van der Waals surface area contributed by atoms with Gasteiger partial charge in [-0.1, -0.05) is 49.6 Å². The van der Waals surface area contributed by atoms with E-state index in [1.54, 1.807) is 4.90 Å². The van der Waals surface area contributed by atoms with E-state index in [2.05, 4.69) is 0 Å². The number of aliphatic carboxylic acids is 1. The molecule has 0 atom stereocenters. The van der Waals surface area contributed by atoms with E-state index >= 15 is 0 Å². The molecule has 130 valence electrons. The van der Waals surface area contributed by atoms with Crippen LogP contribution in [0, 0.1) is 0 Å². The first-order valence-electron chi connectivity index (χ1n) is 8.87. The second-order valence-electron chi connectivity index (χ2n) is 6.89. The van der Waals surface area contributed by atoms with Crippen molar-refractivity contribution in [2.45, 2.75) is 69.6 Å². The van der Waals surface area contributed by atoms with Gasteiger partial charge in [0.25, 0.3) is 0 Å². The molecule has 5 nitrogen and oxygen atoms in total. The number of hydrogen-bond acceptors (Lipinski definition) is 3. The minimum Gasteiger partial charge on any atom is -0.479 e. The number of ether oxygens (including phenoxy) is 1. The van der Waals surface area contributed by atoms with Crippen molar-refractivity contribution >= 4 is 12.1 Å². The van der Waals surface area contributed by atoms with Crippen LogP contribution in [0.1, 0.15) is 56.9 Å². The molecule has 3 rings (SSSR count). The minimum atomic E-state index is -1.06. The summed E-state index contributed by atoms with van der Waals surface area (Å²) in [6, 6.07) is 9.48. The van der Waals surface area contributed by atoms with Crippen molar-refractivity contribution in [1.82, 2.24) is 4.90 Å². The summed E-state index contributed by atoms with van der Waals surface area (Å²) < 4.78 is 5.50. The zero-order valence-corrected chi connectivity index (χ0v) is 13.9. The van der Waals surface area contributed by atoms with Crippen LogP contribution in [0.3, 0.4) is 0 Å². The van der Waals surface area contributed by atoms with Crippen molar-refractivity contribution in [3.05, 3.63) is 35.9 Å². The lowest BCUT2D eigenvalue weighted by atomic mass is 9.73. The Hall–Kier alpha value is -2.04. The van der Waals surface area contributed by atoms with Gasteiger partial charge in [-0.2, -0.15) is 0 Å². The number of carbonyl (C=O) groups excluding carboxylic acids is 1. The van der Waals surface area contributed by atoms with E-state index in [1.165, 1.54) is 0 Å². The smallest absolute Gasteiger partial charge is 0.411 e. The van der Waals surface area contributed by atoms with Crippen LogP contribution >= 0.6 is 0 Å². The second-order valence-corrected chi connectivity index (χ2v) is 6.89. The summed E-state index contributed by atoms with van der Waals surface area (Å²) >= 11 is 0. The minimum absolute atomic E-state index is 0.0153. The van der Waals surface area contributed by atoms with Gasteiger partial charge in [0.2, 0.25) is 0 Å². The first-order chi connectivity index (χ1) is 11.6. The van der Waals surface area contributed by atoms with Crippen LogP contribution in [0.5, 0.6) is 0 Å². The molecule has 0 aromatic heterocycles. The fraction of sp³-hybridized carbons (Fsp3) is 0.579. The maximum Gasteiger partial charge on any atom is 0.411 e. The summed E-state index contributed by atoms with van der Waals surface area (Å²) in [6.45, 7) is 0.179. The Bertz CT molecular complexity index is 576. The fourth-order valence-electron chi connectivity index (χ4n) is 3.87. The van der Waals surface area contributed by atoms with Gasteiger partial charge in [-0.05, 0) is 37.7 Å². The van der Waals surface area contributed by atoms with Crippen molar-refractivity contribution in [3.63, 3.8) is 0 Å². The van der Waals surface area contributed by atoms with Gasteiger partial charge in [0.05, 0.1) is 0 Å². The number of nitrogens with zero attached hydrogens (tertiary/aromatic N) is 1. The third kappa shape index (κ3) is 3.25. The van der Waals surface area contributed by atoms with Gasteiger partial charge in [-0.25, -0.2) is 9.59 Å². The van der Waals surface area contributed by atoms with Crippen LogP contribution < -0.4 is 0 Å². The molecule has 2 aliphatic carbocycles. The van der Waals surface area contributed by atoms with E-state index in [0.717, 1.165) is 44.1 Å². The lowest BCUT2D eigenvalue weighted by Gasteiger charge is -2.50. The summed E-state index contributed by atoms with van der Waals surface area (Å²) in [6.07, 6.45) is 6.41. The number of carboxylic acids is 1.